The number of hydrogen-bond donors (Lipinski definition) is 1. The molecular weight excluding hydrogens is 204 g/mol. The second-order valence-corrected chi connectivity index (χ2v) is 3.65. The predicted octanol–water partition coefficient (Wildman–Crippen LogP) is 1.28. The quantitative estimate of drug-likeness (QED) is 0.837. The highest BCUT2D eigenvalue weighted by Crippen LogP contribution is 2.15. The van der Waals surface area contributed by atoms with Crippen molar-refractivity contribution in [3.05, 3.63) is 30.4 Å². The van der Waals surface area contributed by atoms with Gasteiger partial charge in [-0.3, -0.25) is 4.98 Å². The molecule has 1 N–H and O–H groups in total. The van der Waals surface area contributed by atoms with Gasteiger partial charge in [0, 0.05) is 30.4 Å². The Balaban J connectivity index is 2.14. The number of nitrogens with one attached hydrogen (secondary N) is 1. The first-order chi connectivity index (χ1) is 7.79. The standard InChI is InChI=1S/C11H14N4O/c1-8(12-2)7-10-14-11(16-15-10)9-3-5-13-6-4-9/h3-6,8,12H,7H2,1-2H3. The molecule has 0 saturated heterocycles. The van der Waals surface area contributed by atoms with E-state index < -0.39 is 0 Å². The normalized spacial score (nSPS) is 12.6. The van der Waals surface area contributed by atoms with Crippen LogP contribution in [0.5, 0.6) is 0 Å². The minimum Gasteiger partial charge on any atom is -0.334 e. The maximum Gasteiger partial charge on any atom is 0.258 e. The van der Waals surface area contributed by atoms with Crippen LogP contribution in [0.1, 0.15) is 12.7 Å². The van der Waals surface area contributed by atoms with Crippen molar-refractivity contribution in [2.75, 3.05) is 7.05 Å². The first-order valence-electron chi connectivity index (χ1n) is 5.20. The van der Waals surface area contributed by atoms with Crippen LogP contribution in [0.4, 0.5) is 0 Å². The lowest BCUT2D eigenvalue weighted by Gasteiger charge is -2.04. The van der Waals surface area contributed by atoms with Gasteiger partial charge in [0.25, 0.3) is 5.89 Å². The van der Waals surface area contributed by atoms with E-state index in [-0.39, 0.29) is 0 Å². The molecule has 5 heteroatoms. The lowest BCUT2D eigenvalue weighted by Crippen LogP contribution is -2.24. The second-order valence-electron chi connectivity index (χ2n) is 3.65. The minimum absolute atomic E-state index is 0.336. The third kappa shape index (κ3) is 2.43. The van der Waals surface area contributed by atoms with E-state index in [9.17, 15) is 0 Å². The van der Waals surface area contributed by atoms with Crippen LogP contribution >= 0.6 is 0 Å². The van der Waals surface area contributed by atoms with Gasteiger partial charge in [0.2, 0.25) is 0 Å². The topological polar surface area (TPSA) is 63.8 Å². The smallest absolute Gasteiger partial charge is 0.258 e. The largest absolute Gasteiger partial charge is 0.334 e. The zero-order chi connectivity index (χ0) is 11.4. The van der Waals surface area contributed by atoms with Crippen molar-refractivity contribution in [1.82, 2.24) is 20.4 Å². The van der Waals surface area contributed by atoms with Gasteiger partial charge in [-0.15, -0.1) is 0 Å². The Morgan fingerprint density at radius 1 is 1.38 bits per heavy atom. The number of aromatic nitrogens is 3. The first-order valence-corrected chi connectivity index (χ1v) is 5.20. The van der Waals surface area contributed by atoms with E-state index in [0.29, 0.717) is 17.8 Å². The van der Waals surface area contributed by atoms with Crippen LogP contribution in [0.3, 0.4) is 0 Å². The summed E-state index contributed by atoms with van der Waals surface area (Å²) < 4.78 is 5.18. The van der Waals surface area contributed by atoms with Crippen molar-refractivity contribution < 1.29 is 4.52 Å². The molecule has 0 radical (unpaired) electrons. The van der Waals surface area contributed by atoms with Gasteiger partial charge in [-0.2, -0.15) is 4.98 Å². The molecule has 5 nitrogen and oxygen atoms in total. The fourth-order valence-electron chi connectivity index (χ4n) is 1.32. The zero-order valence-electron chi connectivity index (χ0n) is 9.34. The number of hydrogen-bond acceptors (Lipinski definition) is 5. The molecule has 0 saturated carbocycles. The number of pyridine rings is 1. The summed E-state index contributed by atoms with van der Waals surface area (Å²) in [5, 5.41) is 7.06. The van der Waals surface area contributed by atoms with E-state index in [4.69, 9.17) is 4.52 Å². The average molecular weight is 218 g/mol. The van der Waals surface area contributed by atoms with Crippen molar-refractivity contribution in [3.8, 4) is 11.5 Å². The zero-order valence-corrected chi connectivity index (χ0v) is 9.34. The van der Waals surface area contributed by atoms with Crippen molar-refractivity contribution in [3.63, 3.8) is 0 Å². The third-order valence-electron chi connectivity index (χ3n) is 2.38. The van der Waals surface area contributed by atoms with Gasteiger partial charge in [-0.05, 0) is 26.1 Å². The Labute approximate surface area is 93.9 Å². The monoisotopic (exact) mass is 218 g/mol. The van der Waals surface area contributed by atoms with Crippen molar-refractivity contribution in [2.24, 2.45) is 0 Å². The predicted molar refractivity (Wildman–Crippen MR) is 59.8 cm³/mol. The Bertz CT molecular complexity index is 440. The molecule has 0 bridgehead atoms. The molecule has 84 valence electrons. The fourth-order valence-corrected chi connectivity index (χ4v) is 1.32. The molecule has 2 heterocycles. The Kier molecular flexibility index (Phi) is 3.26. The van der Waals surface area contributed by atoms with Crippen molar-refractivity contribution >= 4 is 0 Å². The molecule has 0 aliphatic rings. The van der Waals surface area contributed by atoms with Gasteiger partial charge < -0.3 is 9.84 Å². The van der Waals surface area contributed by atoms with Gasteiger partial charge in [-0.1, -0.05) is 5.16 Å². The highest BCUT2D eigenvalue weighted by molar-refractivity contribution is 5.50. The van der Waals surface area contributed by atoms with E-state index in [2.05, 4.69) is 27.4 Å². The number of nitrogens with zero attached hydrogens (tertiary/aromatic N) is 3. The Hall–Kier alpha value is -1.75. The van der Waals surface area contributed by atoms with Crippen molar-refractivity contribution in [2.45, 2.75) is 19.4 Å². The SMILES string of the molecule is CNC(C)Cc1noc(-c2ccncc2)n1. The molecule has 2 rings (SSSR count). The van der Waals surface area contributed by atoms with E-state index in [1.165, 1.54) is 0 Å². The molecule has 0 spiro atoms. The molecule has 0 aromatic carbocycles. The Morgan fingerprint density at radius 3 is 2.81 bits per heavy atom. The van der Waals surface area contributed by atoms with Crippen LogP contribution in [0.25, 0.3) is 11.5 Å². The molecule has 0 amide bonds. The summed E-state index contributed by atoms with van der Waals surface area (Å²) in [5.74, 6) is 1.26. The maximum atomic E-state index is 5.18. The summed E-state index contributed by atoms with van der Waals surface area (Å²) in [5.41, 5.74) is 0.894. The summed E-state index contributed by atoms with van der Waals surface area (Å²) in [6, 6.07) is 4.03. The molecular formula is C11H14N4O. The van der Waals surface area contributed by atoms with Gasteiger partial charge in [0.05, 0.1) is 0 Å². The lowest BCUT2D eigenvalue weighted by molar-refractivity contribution is 0.418. The summed E-state index contributed by atoms with van der Waals surface area (Å²) in [6.07, 6.45) is 4.16. The van der Waals surface area contributed by atoms with Gasteiger partial charge in [-0.25, -0.2) is 0 Å². The van der Waals surface area contributed by atoms with Gasteiger partial charge in [0.15, 0.2) is 5.82 Å². The highest BCUT2D eigenvalue weighted by Gasteiger charge is 2.10. The molecule has 0 aliphatic heterocycles. The van der Waals surface area contributed by atoms with E-state index in [1.807, 2.05) is 19.2 Å². The molecule has 0 fully saturated rings. The van der Waals surface area contributed by atoms with Crippen LogP contribution < -0.4 is 5.32 Å². The van der Waals surface area contributed by atoms with E-state index >= 15 is 0 Å². The van der Waals surface area contributed by atoms with Crippen LogP contribution in [0, 0.1) is 0 Å². The van der Waals surface area contributed by atoms with E-state index in [1.54, 1.807) is 12.4 Å². The third-order valence-corrected chi connectivity index (χ3v) is 2.38. The molecule has 1 atom stereocenters. The maximum absolute atomic E-state index is 5.18. The van der Waals surface area contributed by atoms with Gasteiger partial charge >= 0.3 is 0 Å². The average Bonchev–Trinajstić information content (AvgIpc) is 2.78. The lowest BCUT2D eigenvalue weighted by atomic mass is 10.2. The summed E-state index contributed by atoms with van der Waals surface area (Å²) in [4.78, 5) is 8.26. The minimum atomic E-state index is 0.336. The summed E-state index contributed by atoms with van der Waals surface area (Å²) in [7, 11) is 1.91. The van der Waals surface area contributed by atoms with Gasteiger partial charge in [0.1, 0.15) is 0 Å². The highest BCUT2D eigenvalue weighted by atomic mass is 16.5. The van der Waals surface area contributed by atoms with Crippen LogP contribution in [0.2, 0.25) is 0 Å². The fraction of sp³-hybridized carbons (Fsp3) is 0.364. The molecule has 16 heavy (non-hydrogen) atoms. The second kappa shape index (κ2) is 4.85. The van der Waals surface area contributed by atoms with Crippen LogP contribution in [-0.4, -0.2) is 28.2 Å². The molecule has 2 aromatic heterocycles. The van der Waals surface area contributed by atoms with Crippen molar-refractivity contribution in [1.29, 1.82) is 0 Å². The number of likely N-dealkylation sites (N-methyl/N-ethyl adjacent to an activating group) is 1. The van der Waals surface area contributed by atoms with Crippen LogP contribution in [0.15, 0.2) is 29.0 Å². The van der Waals surface area contributed by atoms with Crippen LogP contribution in [-0.2, 0) is 6.42 Å². The summed E-state index contributed by atoms with van der Waals surface area (Å²) >= 11 is 0. The summed E-state index contributed by atoms with van der Waals surface area (Å²) in [6.45, 7) is 2.07. The first kappa shape index (κ1) is 10.8. The number of rotatable bonds is 4. The molecule has 1 unspecified atom stereocenters. The molecule has 0 aliphatic carbocycles. The van der Waals surface area contributed by atoms with E-state index in [0.717, 1.165) is 12.0 Å². The Morgan fingerprint density at radius 2 is 2.12 bits per heavy atom. The molecule has 2 aromatic rings.